The molecule has 1 aromatic heterocycles. The Kier molecular flexibility index (Phi) is 3.38. The molecular formula is C11H12N2O2S. The van der Waals surface area contributed by atoms with E-state index in [-0.39, 0.29) is 6.61 Å². The van der Waals surface area contributed by atoms with Crippen LogP contribution in [-0.4, -0.2) is 10.1 Å². The number of anilines is 1. The van der Waals surface area contributed by atoms with Crippen LogP contribution in [0.15, 0.2) is 29.6 Å². The van der Waals surface area contributed by atoms with E-state index in [1.54, 1.807) is 0 Å². The zero-order valence-electron chi connectivity index (χ0n) is 8.59. The Morgan fingerprint density at radius 2 is 2.06 bits per heavy atom. The molecule has 0 aliphatic carbocycles. The Labute approximate surface area is 97.3 Å². The summed E-state index contributed by atoms with van der Waals surface area (Å²) in [6.45, 7) is 0.453. The van der Waals surface area contributed by atoms with Crippen molar-refractivity contribution in [2.45, 2.75) is 13.2 Å². The zero-order chi connectivity index (χ0) is 11.4. The molecule has 0 bridgehead atoms. The molecule has 0 atom stereocenters. The molecule has 3 N–H and O–H groups in total. The number of ether oxygens (including phenoxy) is 1. The highest BCUT2D eigenvalue weighted by Crippen LogP contribution is 2.16. The Morgan fingerprint density at radius 3 is 2.62 bits per heavy atom. The average molecular weight is 236 g/mol. The van der Waals surface area contributed by atoms with Gasteiger partial charge in [0, 0.05) is 5.38 Å². The van der Waals surface area contributed by atoms with E-state index in [0.29, 0.717) is 11.7 Å². The van der Waals surface area contributed by atoms with Crippen LogP contribution in [0.25, 0.3) is 0 Å². The molecule has 0 saturated carbocycles. The van der Waals surface area contributed by atoms with Crippen LogP contribution in [0.1, 0.15) is 11.3 Å². The Hall–Kier alpha value is -1.59. The second kappa shape index (κ2) is 4.96. The first-order valence-electron chi connectivity index (χ1n) is 4.80. The van der Waals surface area contributed by atoms with Crippen molar-refractivity contribution in [3.8, 4) is 5.75 Å². The topological polar surface area (TPSA) is 68.4 Å². The minimum atomic E-state index is 0.0445. The fraction of sp³-hybridized carbons (Fsp3) is 0.182. The molecular weight excluding hydrogens is 224 g/mol. The first kappa shape index (κ1) is 10.9. The van der Waals surface area contributed by atoms with Crippen molar-refractivity contribution in [2.75, 3.05) is 5.73 Å². The lowest BCUT2D eigenvalue weighted by Gasteiger charge is -2.04. The van der Waals surface area contributed by atoms with E-state index in [4.69, 9.17) is 15.6 Å². The number of nitrogen functional groups attached to an aromatic ring is 1. The van der Waals surface area contributed by atoms with Gasteiger partial charge in [0.2, 0.25) is 0 Å². The van der Waals surface area contributed by atoms with Crippen molar-refractivity contribution in [1.82, 2.24) is 4.98 Å². The Balaban J connectivity index is 1.94. The maximum atomic E-state index is 8.88. The van der Waals surface area contributed by atoms with Crippen LogP contribution in [-0.2, 0) is 13.2 Å². The lowest BCUT2D eigenvalue weighted by atomic mass is 10.2. The molecule has 0 saturated heterocycles. The molecule has 0 radical (unpaired) electrons. The van der Waals surface area contributed by atoms with Gasteiger partial charge in [-0.2, -0.15) is 0 Å². The van der Waals surface area contributed by atoms with Crippen molar-refractivity contribution < 1.29 is 9.84 Å². The molecule has 16 heavy (non-hydrogen) atoms. The number of thiazole rings is 1. The van der Waals surface area contributed by atoms with Gasteiger partial charge in [-0.1, -0.05) is 12.1 Å². The number of rotatable bonds is 4. The molecule has 0 amide bonds. The van der Waals surface area contributed by atoms with Crippen molar-refractivity contribution in [1.29, 1.82) is 0 Å². The van der Waals surface area contributed by atoms with Crippen LogP contribution in [0, 0.1) is 0 Å². The Morgan fingerprint density at radius 1 is 1.31 bits per heavy atom. The van der Waals surface area contributed by atoms with Gasteiger partial charge in [0.1, 0.15) is 12.4 Å². The first-order valence-corrected chi connectivity index (χ1v) is 5.68. The molecule has 84 valence electrons. The van der Waals surface area contributed by atoms with E-state index in [2.05, 4.69) is 4.98 Å². The summed E-state index contributed by atoms with van der Waals surface area (Å²) in [4.78, 5) is 4.09. The number of aromatic nitrogens is 1. The summed E-state index contributed by atoms with van der Waals surface area (Å²) in [5, 5.41) is 11.3. The molecule has 0 spiro atoms. The standard InChI is InChI=1S/C11H12N2O2S/c12-11-13-9(7-16-11)6-15-10-3-1-8(5-14)2-4-10/h1-4,7,14H,5-6H2,(H2,12,13). The molecule has 0 fully saturated rings. The predicted molar refractivity (Wildman–Crippen MR) is 63.2 cm³/mol. The van der Waals surface area contributed by atoms with Crippen molar-refractivity contribution in [3.05, 3.63) is 40.9 Å². The van der Waals surface area contributed by atoms with Gasteiger partial charge in [-0.15, -0.1) is 11.3 Å². The first-order chi connectivity index (χ1) is 7.78. The molecule has 0 unspecified atom stereocenters. The third kappa shape index (κ3) is 2.71. The van der Waals surface area contributed by atoms with Gasteiger partial charge in [-0.05, 0) is 17.7 Å². The van der Waals surface area contributed by atoms with Gasteiger partial charge in [-0.25, -0.2) is 4.98 Å². The molecule has 1 aromatic carbocycles. The summed E-state index contributed by atoms with van der Waals surface area (Å²) in [7, 11) is 0. The Bertz CT molecular complexity index is 453. The number of nitrogens with zero attached hydrogens (tertiary/aromatic N) is 1. The molecule has 0 aliphatic heterocycles. The maximum Gasteiger partial charge on any atom is 0.180 e. The van der Waals surface area contributed by atoms with Gasteiger partial charge < -0.3 is 15.6 Å². The number of aliphatic hydroxyl groups excluding tert-OH is 1. The fourth-order valence-electron chi connectivity index (χ4n) is 1.24. The highest BCUT2D eigenvalue weighted by Gasteiger charge is 2.00. The van der Waals surface area contributed by atoms with Gasteiger partial charge in [0.25, 0.3) is 0 Å². The monoisotopic (exact) mass is 236 g/mol. The lowest BCUT2D eigenvalue weighted by Crippen LogP contribution is -1.96. The number of nitrogens with two attached hydrogens (primary N) is 1. The van der Waals surface area contributed by atoms with Crippen LogP contribution < -0.4 is 10.5 Å². The summed E-state index contributed by atoms with van der Waals surface area (Å²) in [5.41, 5.74) is 7.20. The minimum absolute atomic E-state index is 0.0445. The molecule has 2 aromatic rings. The number of hydrogen-bond acceptors (Lipinski definition) is 5. The summed E-state index contributed by atoms with van der Waals surface area (Å²) >= 11 is 1.40. The van der Waals surface area contributed by atoms with Crippen molar-refractivity contribution >= 4 is 16.5 Å². The molecule has 4 nitrogen and oxygen atoms in total. The largest absolute Gasteiger partial charge is 0.487 e. The summed E-state index contributed by atoms with van der Waals surface area (Å²) < 4.78 is 5.51. The van der Waals surface area contributed by atoms with Crippen LogP contribution in [0.4, 0.5) is 5.13 Å². The van der Waals surface area contributed by atoms with Gasteiger partial charge in [0.05, 0.1) is 12.3 Å². The van der Waals surface area contributed by atoms with E-state index in [0.717, 1.165) is 17.0 Å². The normalized spacial score (nSPS) is 10.3. The summed E-state index contributed by atoms with van der Waals surface area (Å²) in [6, 6.07) is 7.29. The van der Waals surface area contributed by atoms with Crippen molar-refractivity contribution in [3.63, 3.8) is 0 Å². The lowest BCUT2D eigenvalue weighted by molar-refractivity contribution is 0.280. The average Bonchev–Trinajstić information content (AvgIpc) is 2.73. The van der Waals surface area contributed by atoms with Crippen LogP contribution >= 0.6 is 11.3 Å². The molecule has 5 heteroatoms. The SMILES string of the molecule is Nc1nc(COc2ccc(CO)cc2)cs1. The van der Waals surface area contributed by atoms with Gasteiger partial charge in [0.15, 0.2) is 5.13 Å². The molecule has 0 aliphatic rings. The van der Waals surface area contributed by atoms with Crippen molar-refractivity contribution in [2.24, 2.45) is 0 Å². The third-order valence-electron chi connectivity index (χ3n) is 2.06. The van der Waals surface area contributed by atoms with E-state index >= 15 is 0 Å². The minimum Gasteiger partial charge on any atom is -0.487 e. The second-order valence-electron chi connectivity index (χ2n) is 3.27. The summed E-state index contributed by atoms with van der Waals surface area (Å²) in [5.74, 6) is 0.753. The highest BCUT2D eigenvalue weighted by molar-refractivity contribution is 7.13. The fourth-order valence-corrected chi connectivity index (χ4v) is 1.78. The van der Waals surface area contributed by atoms with E-state index in [9.17, 15) is 0 Å². The predicted octanol–water partition coefficient (Wildman–Crippen LogP) is 1.80. The number of aliphatic hydroxyl groups is 1. The maximum absolute atomic E-state index is 8.88. The highest BCUT2D eigenvalue weighted by atomic mass is 32.1. The number of hydrogen-bond donors (Lipinski definition) is 2. The van der Waals surface area contributed by atoms with E-state index < -0.39 is 0 Å². The smallest absolute Gasteiger partial charge is 0.180 e. The van der Waals surface area contributed by atoms with Crippen LogP contribution in [0.5, 0.6) is 5.75 Å². The third-order valence-corrected chi connectivity index (χ3v) is 2.78. The van der Waals surface area contributed by atoms with E-state index in [1.807, 2.05) is 29.6 Å². The molecule has 2 rings (SSSR count). The second-order valence-corrected chi connectivity index (χ2v) is 4.16. The van der Waals surface area contributed by atoms with Gasteiger partial charge in [-0.3, -0.25) is 0 Å². The van der Waals surface area contributed by atoms with Crippen LogP contribution in [0.3, 0.4) is 0 Å². The quantitative estimate of drug-likeness (QED) is 0.849. The number of benzene rings is 1. The summed E-state index contributed by atoms with van der Waals surface area (Å²) in [6.07, 6.45) is 0. The van der Waals surface area contributed by atoms with Gasteiger partial charge >= 0.3 is 0 Å². The van der Waals surface area contributed by atoms with E-state index in [1.165, 1.54) is 11.3 Å². The van der Waals surface area contributed by atoms with Crippen LogP contribution in [0.2, 0.25) is 0 Å². The molecule has 1 heterocycles. The zero-order valence-corrected chi connectivity index (χ0v) is 9.41.